The van der Waals surface area contributed by atoms with Crippen molar-refractivity contribution in [1.29, 1.82) is 0 Å². The molecular weight excluding hydrogens is 378 g/mol. The van der Waals surface area contributed by atoms with E-state index >= 15 is 0 Å². The zero-order chi connectivity index (χ0) is 19.4. The fraction of sp³-hybridized carbons (Fsp3) is 0.188. The van der Waals surface area contributed by atoms with Crippen LogP contribution in [0.15, 0.2) is 58.3 Å². The maximum absolute atomic E-state index is 12.5. The number of nitrogens with one attached hydrogen (secondary N) is 2. The van der Waals surface area contributed by atoms with Gasteiger partial charge in [-0.1, -0.05) is 12.1 Å². The number of sulfonamides is 1. The molecule has 0 radical (unpaired) electrons. The standard InChI is InChI=1S/C16H19N3O5S2/c1-25(21,22)12-6-8-13(9-7-12)26(23,24)19-15-5-3-2-4-14(15)18-11-10-16(17)20/h2-9,18-19H,10-11H2,1H3,(H2,17,20). The van der Waals surface area contributed by atoms with E-state index in [1.807, 2.05) is 0 Å². The van der Waals surface area contributed by atoms with Gasteiger partial charge in [0.2, 0.25) is 5.91 Å². The van der Waals surface area contributed by atoms with E-state index < -0.39 is 25.8 Å². The molecule has 0 aliphatic heterocycles. The molecular formula is C16H19N3O5S2. The number of benzene rings is 2. The topological polar surface area (TPSA) is 135 Å². The second-order valence-electron chi connectivity index (χ2n) is 5.54. The van der Waals surface area contributed by atoms with E-state index in [0.717, 1.165) is 6.26 Å². The van der Waals surface area contributed by atoms with Crippen LogP contribution < -0.4 is 15.8 Å². The van der Waals surface area contributed by atoms with Gasteiger partial charge in [0.05, 0.1) is 21.2 Å². The molecule has 0 fully saturated rings. The Bertz CT molecular complexity index is 1000. The van der Waals surface area contributed by atoms with Crippen molar-refractivity contribution in [2.75, 3.05) is 22.8 Å². The predicted molar refractivity (Wildman–Crippen MR) is 99.1 cm³/mol. The summed E-state index contributed by atoms with van der Waals surface area (Å²) in [4.78, 5) is 10.8. The number of hydrogen-bond acceptors (Lipinski definition) is 6. The average molecular weight is 397 g/mol. The zero-order valence-corrected chi connectivity index (χ0v) is 15.6. The van der Waals surface area contributed by atoms with Crippen LogP contribution in [0.3, 0.4) is 0 Å². The monoisotopic (exact) mass is 397 g/mol. The maximum atomic E-state index is 12.5. The van der Waals surface area contributed by atoms with Gasteiger partial charge in [-0.05, 0) is 36.4 Å². The van der Waals surface area contributed by atoms with Crippen molar-refractivity contribution < 1.29 is 21.6 Å². The van der Waals surface area contributed by atoms with Crippen molar-refractivity contribution in [3.05, 3.63) is 48.5 Å². The lowest BCUT2D eigenvalue weighted by Gasteiger charge is -2.14. The van der Waals surface area contributed by atoms with Crippen molar-refractivity contribution in [3.8, 4) is 0 Å². The number of nitrogens with two attached hydrogens (primary N) is 1. The third-order valence-electron chi connectivity index (χ3n) is 3.42. The van der Waals surface area contributed by atoms with Crippen LogP contribution in [-0.4, -0.2) is 35.5 Å². The van der Waals surface area contributed by atoms with E-state index in [4.69, 9.17) is 5.73 Å². The maximum Gasteiger partial charge on any atom is 0.261 e. The van der Waals surface area contributed by atoms with Crippen molar-refractivity contribution in [1.82, 2.24) is 0 Å². The van der Waals surface area contributed by atoms with Crippen LogP contribution in [0.4, 0.5) is 11.4 Å². The highest BCUT2D eigenvalue weighted by molar-refractivity contribution is 7.92. The van der Waals surface area contributed by atoms with Gasteiger partial charge in [0.25, 0.3) is 10.0 Å². The first kappa shape index (κ1) is 19.7. The summed E-state index contributed by atoms with van der Waals surface area (Å²) < 4.78 is 50.5. The highest BCUT2D eigenvalue weighted by Crippen LogP contribution is 2.25. The minimum absolute atomic E-state index is 0.0324. The fourth-order valence-corrected chi connectivity index (χ4v) is 3.83. The number of sulfone groups is 1. The molecule has 0 aromatic heterocycles. The van der Waals surface area contributed by atoms with Crippen molar-refractivity contribution >= 4 is 37.1 Å². The summed E-state index contributed by atoms with van der Waals surface area (Å²) in [5.74, 6) is -0.471. The number of hydrogen-bond donors (Lipinski definition) is 3. The molecule has 140 valence electrons. The van der Waals surface area contributed by atoms with Gasteiger partial charge in [0, 0.05) is 19.2 Å². The Morgan fingerprint density at radius 3 is 2.00 bits per heavy atom. The fourth-order valence-electron chi connectivity index (χ4n) is 2.12. The van der Waals surface area contributed by atoms with Gasteiger partial charge < -0.3 is 11.1 Å². The second kappa shape index (κ2) is 7.75. The Kier molecular flexibility index (Phi) is 5.88. The van der Waals surface area contributed by atoms with Crippen molar-refractivity contribution in [2.24, 2.45) is 5.73 Å². The number of carbonyl (C=O) groups excluding carboxylic acids is 1. The van der Waals surface area contributed by atoms with Crippen LogP contribution in [0, 0.1) is 0 Å². The van der Waals surface area contributed by atoms with Gasteiger partial charge in [-0.25, -0.2) is 16.8 Å². The first-order chi connectivity index (χ1) is 12.1. The molecule has 0 aliphatic rings. The quantitative estimate of drug-likeness (QED) is 0.612. The first-order valence-corrected chi connectivity index (χ1v) is 10.9. The van der Waals surface area contributed by atoms with E-state index in [1.165, 1.54) is 24.3 Å². The van der Waals surface area contributed by atoms with Crippen LogP contribution in [0.5, 0.6) is 0 Å². The Morgan fingerprint density at radius 2 is 1.46 bits per heavy atom. The molecule has 0 bridgehead atoms. The van der Waals surface area contributed by atoms with Crippen LogP contribution in [0.2, 0.25) is 0 Å². The molecule has 0 aliphatic carbocycles. The molecule has 2 rings (SSSR count). The summed E-state index contributed by atoms with van der Waals surface area (Å²) in [7, 11) is -7.33. The number of amides is 1. The molecule has 0 heterocycles. The second-order valence-corrected chi connectivity index (χ2v) is 9.24. The largest absolute Gasteiger partial charge is 0.383 e. The molecule has 0 spiro atoms. The van der Waals surface area contributed by atoms with E-state index in [-0.39, 0.29) is 22.8 Å². The van der Waals surface area contributed by atoms with Gasteiger partial charge in [0.15, 0.2) is 9.84 Å². The van der Waals surface area contributed by atoms with Gasteiger partial charge >= 0.3 is 0 Å². The number of rotatable bonds is 8. The molecule has 0 saturated carbocycles. The molecule has 1 amide bonds. The van der Waals surface area contributed by atoms with Crippen molar-refractivity contribution in [3.63, 3.8) is 0 Å². The molecule has 26 heavy (non-hydrogen) atoms. The lowest BCUT2D eigenvalue weighted by molar-refractivity contribution is -0.117. The SMILES string of the molecule is CS(=O)(=O)c1ccc(S(=O)(=O)Nc2ccccc2NCCC(N)=O)cc1. The molecule has 8 nitrogen and oxygen atoms in total. The first-order valence-electron chi connectivity index (χ1n) is 7.54. The normalized spacial score (nSPS) is 11.7. The summed E-state index contributed by atoms with van der Waals surface area (Å²) in [5, 5.41) is 2.94. The minimum Gasteiger partial charge on any atom is -0.383 e. The molecule has 2 aromatic rings. The molecule has 0 saturated heterocycles. The van der Waals surface area contributed by atoms with Crippen molar-refractivity contribution in [2.45, 2.75) is 16.2 Å². The van der Waals surface area contributed by atoms with Crippen LogP contribution >= 0.6 is 0 Å². The average Bonchev–Trinajstić information content (AvgIpc) is 2.55. The summed E-state index contributed by atoms with van der Waals surface area (Å²) in [6.45, 7) is 0.261. The third kappa shape index (κ3) is 5.20. The minimum atomic E-state index is -3.92. The summed E-state index contributed by atoms with van der Waals surface area (Å²) in [6.07, 6.45) is 1.15. The lowest BCUT2D eigenvalue weighted by atomic mass is 10.2. The Morgan fingerprint density at radius 1 is 0.923 bits per heavy atom. The van der Waals surface area contributed by atoms with Gasteiger partial charge in [-0.2, -0.15) is 0 Å². The summed E-state index contributed by atoms with van der Waals surface area (Å²) in [6, 6.07) is 11.5. The van der Waals surface area contributed by atoms with Gasteiger partial charge in [-0.15, -0.1) is 0 Å². The number of primary amides is 1. The molecule has 2 aromatic carbocycles. The van der Waals surface area contributed by atoms with Gasteiger partial charge in [0.1, 0.15) is 0 Å². The lowest BCUT2D eigenvalue weighted by Crippen LogP contribution is -2.18. The highest BCUT2D eigenvalue weighted by Gasteiger charge is 2.17. The van der Waals surface area contributed by atoms with E-state index in [9.17, 15) is 21.6 Å². The van der Waals surface area contributed by atoms with Crippen LogP contribution in [0.1, 0.15) is 6.42 Å². The Balaban J connectivity index is 2.23. The number of anilines is 2. The molecule has 0 unspecified atom stereocenters. The highest BCUT2D eigenvalue weighted by atomic mass is 32.2. The molecule has 10 heteroatoms. The van der Waals surface area contributed by atoms with Crippen LogP contribution in [-0.2, 0) is 24.7 Å². The molecule has 4 N–H and O–H groups in total. The number of carbonyl (C=O) groups is 1. The number of para-hydroxylation sites is 2. The Labute approximate surface area is 152 Å². The smallest absolute Gasteiger partial charge is 0.261 e. The molecule has 0 atom stereocenters. The van der Waals surface area contributed by atoms with Crippen LogP contribution in [0.25, 0.3) is 0 Å². The predicted octanol–water partition coefficient (Wildman–Crippen LogP) is 1.18. The van der Waals surface area contributed by atoms with Gasteiger partial charge in [-0.3, -0.25) is 9.52 Å². The zero-order valence-electron chi connectivity index (χ0n) is 14.0. The van der Waals surface area contributed by atoms with E-state index in [0.29, 0.717) is 11.4 Å². The third-order valence-corrected chi connectivity index (χ3v) is 5.93. The Hall–Kier alpha value is -2.59. The van der Waals surface area contributed by atoms with E-state index in [1.54, 1.807) is 24.3 Å². The summed E-state index contributed by atoms with van der Waals surface area (Å²) in [5.41, 5.74) is 5.87. The van der Waals surface area contributed by atoms with E-state index in [2.05, 4.69) is 10.0 Å². The summed E-state index contributed by atoms with van der Waals surface area (Å²) >= 11 is 0.